The van der Waals surface area contributed by atoms with Gasteiger partial charge in [0.25, 0.3) is 5.56 Å². The van der Waals surface area contributed by atoms with E-state index in [-0.39, 0.29) is 5.56 Å². The molecule has 0 aliphatic rings. The van der Waals surface area contributed by atoms with Crippen LogP contribution in [0.2, 0.25) is 0 Å². The molecule has 212 valence electrons. The lowest BCUT2D eigenvalue weighted by Gasteiger charge is -2.19. The molecule has 0 radical (unpaired) electrons. The van der Waals surface area contributed by atoms with E-state index in [1.165, 1.54) is 24.0 Å². The van der Waals surface area contributed by atoms with Crippen LogP contribution >= 0.6 is 0 Å². The molecule has 2 aromatic rings. The molecule has 0 unspecified atom stereocenters. The number of ether oxygens (including phenoxy) is 2. The van der Waals surface area contributed by atoms with Crippen LogP contribution in [0.5, 0.6) is 11.5 Å². The van der Waals surface area contributed by atoms with Crippen LogP contribution in [-0.2, 0) is 6.54 Å². The maximum Gasteiger partial charge on any atom is 0.297 e. The highest BCUT2D eigenvalue weighted by Crippen LogP contribution is 2.35. The van der Waals surface area contributed by atoms with Gasteiger partial charge in [-0.05, 0) is 71.1 Å². The van der Waals surface area contributed by atoms with Crippen LogP contribution in [0, 0.1) is 0 Å². The number of fused-ring (bicyclic) bond motifs is 1. The number of anilines is 1. The molecule has 0 saturated carbocycles. The molecule has 0 saturated heterocycles. The van der Waals surface area contributed by atoms with Gasteiger partial charge in [0.15, 0.2) is 5.75 Å². The lowest BCUT2D eigenvalue weighted by atomic mass is 10.1. The van der Waals surface area contributed by atoms with E-state index in [0.29, 0.717) is 31.3 Å². The fourth-order valence-electron chi connectivity index (χ4n) is 4.37. The summed E-state index contributed by atoms with van der Waals surface area (Å²) in [6.07, 6.45) is 15.0. The minimum atomic E-state index is -0.0832. The van der Waals surface area contributed by atoms with Gasteiger partial charge in [0, 0.05) is 24.2 Å². The van der Waals surface area contributed by atoms with Gasteiger partial charge in [-0.3, -0.25) is 4.79 Å². The summed E-state index contributed by atoms with van der Waals surface area (Å²) in [4.78, 5) is 13.7. The molecule has 0 bridgehead atoms. The molecule has 1 aromatic carbocycles. The van der Waals surface area contributed by atoms with Crippen molar-refractivity contribution in [3.8, 4) is 11.5 Å². The predicted octanol–water partition coefficient (Wildman–Crippen LogP) is 9.04. The molecule has 38 heavy (non-hydrogen) atoms. The second-order valence-corrected chi connectivity index (χ2v) is 10.6. The number of allylic oxidation sites excluding steroid dienone is 3. The standard InChI is InChI=1S/C33H52N2O3/c1-7-10-13-14-24-38-32-31(37-23-12-9-3)29-19-18-28(25-30(29)35(33(32)36)22-11-8-2)34-21-20-27(6)17-15-16-26(4)5/h16,18-20,25,34H,7-15,17,21-24H2,1-6H3. The number of pyridine rings is 1. The van der Waals surface area contributed by atoms with Gasteiger partial charge in [-0.2, -0.15) is 0 Å². The number of nitrogens with one attached hydrogen (secondary N) is 1. The highest BCUT2D eigenvalue weighted by Gasteiger charge is 2.20. The quantitative estimate of drug-likeness (QED) is 0.147. The zero-order chi connectivity index (χ0) is 27.8. The van der Waals surface area contributed by atoms with Crippen molar-refractivity contribution in [2.24, 2.45) is 0 Å². The fraction of sp³-hybridized carbons (Fsp3) is 0.606. The minimum Gasteiger partial charge on any atom is -0.489 e. The van der Waals surface area contributed by atoms with Crippen LogP contribution in [-0.4, -0.2) is 24.3 Å². The van der Waals surface area contributed by atoms with Crippen molar-refractivity contribution in [1.29, 1.82) is 0 Å². The summed E-state index contributed by atoms with van der Waals surface area (Å²) in [5.74, 6) is 0.972. The topological polar surface area (TPSA) is 52.5 Å². The molecule has 0 spiro atoms. The van der Waals surface area contributed by atoms with Gasteiger partial charge in [-0.1, -0.05) is 76.2 Å². The van der Waals surface area contributed by atoms with E-state index in [9.17, 15) is 4.79 Å². The number of rotatable bonds is 19. The van der Waals surface area contributed by atoms with Crippen molar-refractivity contribution in [3.05, 3.63) is 51.9 Å². The first kappa shape index (κ1) is 31.5. The van der Waals surface area contributed by atoms with Gasteiger partial charge in [-0.25, -0.2) is 0 Å². The van der Waals surface area contributed by atoms with E-state index in [2.05, 4.69) is 77.2 Å². The first-order chi connectivity index (χ1) is 18.4. The van der Waals surface area contributed by atoms with Gasteiger partial charge in [0.1, 0.15) is 0 Å². The molecule has 0 fully saturated rings. The zero-order valence-electron chi connectivity index (χ0n) is 25.0. The third kappa shape index (κ3) is 10.2. The van der Waals surface area contributed by atoms with Crippen molar-refractivity contribution in [2.45, 2.75) is 112 Å². The molecule has 1 aromatic heterocycles. The third-order valence-electron chi connectivity index (χ3n) is 6.75. The molecule has 2 rings (SSSR count). The highest BCUT2D eigenvalue weighted by molar-refractivity contribution is 5.90. The molecule has 0 atom stereocenters. The zero-order valence-corrected chi connectivity index (χ0v) is 25.0. The number of benzene rings is 1. The summed E-state index contributed by atoms with van der Waals surface area (Å²) in [6, 6.07) is 6.26. The Bertz CT molecular complexity index is 1090. The molecule has 0 aliphatic carbocycles. The van der Waals surface area contributed by atoms with E-state index < -0.39 is 0 Å². The first-order valence-electron chi connectivity index (χ1n) is 14.9. The average molecular weight is 525 g/mol. The number of aromatic nitrogens is 1. The maximum atomic E-state index is 13.7. The predicted molar refractivity (Wildman–Crippen MR) is 164 cm³/mol. The first-order valence-corrected chi connectivity index (χ1v) is 14.9. The van der Waals surface area contributed by atoms with Crippen molar-refractivity contribution in [3.63, 3.8) is 0 Å². The van der Waals surface area contributed by atoms with E-state index in [1.54, 1.807) is 0 Å². The number of hydrogen-bond acceptors (Lipinski definition) is 4. The number of unbranched alkanes of at least 4 members (excludes halogenated alkanes) is 5. The summed E-state index contributed by atoms with van der Waals surface area (Å²) in [5.41, 5.74) is 4.57. The van der Waals surface area contributed by atoms with Gasteiger partial charge >= 0.3 is 0 Å². The maximum absolute atomic E-state index is 13.7. The summed E-state index contributed by atoms with van der Waals surface area (Å²) < 4.78 is 14.3. The molecule has 1 N–H and O–H groups in total. The van der Waals surface area contributed by atoms with Crippen molar-refractivity contribution >= 4 is 16.6 Å². The van der Waals surface area contributed by atoms with Crippen LogP contribution in [0.4, 0.5) is 5.69 Å². The van der Waals surface area contributed by atoms with E-state index in [1.807, 2.05) is 4.57 Å². The van der Waals surface area contributed by atoms with Crippen LogP contribution in [0.1, 0.15) is 106 Å². The van der Waals surface area contributed by atoms with Gasteiger partial charge in [0.05, 0.1) is 18.7 Å². The summed E-state index contributed by atoms with van der Waals surface area (Å²) in [7, 11) is 0. The van der Waals surface area contributed by atoms with Crippen molar-refractivity contribution in [1.82, 2.24) is 4.57 Å². The molecule has 0 aliphatic heterocycles. The lowest BCUT2D eigenvalue weighted by molar-refractivity contribution is 0.258. The molecule has 0 amide bonds. The molecule has 1 heterocycles. The Kier molecular flexibility index (Phi) is 14.7. The Morgan fingerprint density at radius 1 is 0.868 bits per heavy atom. The average Bonchev–Trinajstić information content (AvgIpc) is 2.89. The normalized spacial score (nSPS) is 11.6. The monoisotopic (exact) mass is 524 g/mol. The molecular formula is C33H52N2O3. The lowest BCUT2D eigenvalue weighted by Crippen LogP contribution is -2.24. The Morgan fingerprint density at radius 3 is 2.29 bits per heavy atom. The van der Waals surface area contributed by atoms with Gasteiger partial charge < -0.3 is 19.4 Å². The van der Waals surface area contributed by atoms with Gasteiger partial charge in [0.2, 0.25) is 5.75 Å². The Labute approximate surface area is 231 Å². The Balaban J connectivity index is 2.38. The Hall–Kier alpha value is -2.69. The Morgan fingerprint density at radius 2 is 1.58 bits per heavy atom. The summed E-state index contributed by atoms with van der Waals surface area (Å²) in [6.45, 7) is 15.5. The number of nitrogens with zero attached hydrogens (tertiary/aromatic N) is 1. The van der Waals surface area contributed by atoms with Crippen molar-refractivity contribution in [2.75, 3.05) is 25.1 Å². The van der Waals surface area contributed by atoms with E-state index >= 15 is 0 Å². The smallest absolute Gasteiger partial charge is 0.297 e. The van der Waals surface area contributed by atoms with Crippen LogP contribution in [0.15, 0.2) is 46.3 Å². The molecular weight excluding hydrogens is 472 g/mol. The minimum absolute atomic E-state index is 0.0832. The molecule has 5 nitrogen and oxygen atoms in total. The SMILES string of the molecule is CCCCCCOc1c(OCCCC)c2ccc(NCC=C(C)CCC=C(C)C)cc2n(CCCC)c1=O. The van der Waals surface area contributed by atoms with Crippen LogP contribution < -0.4 is 20.3 Å². The van der Waals surface area contributed by atoms with E-state index in [4.69, 9.17) is 9.47 Å². The van der Waals surface area contributed by atoms with Gasteiger partial charge in [-0.15, -0.1) is 0 Å². The number of hydrogen-bond donors (Lipinski definition) is 1. The number of aryl methyl sites for hydroxylation is 1. The third-order valence-corrected chi connectivity index (χ3v) is 6.75. The van der Waals surface area contributed by atoms with Crippen LogP contribution in [0.25, 0.3) is 10.9 Å². The summed E-state index contributed by atoms with van der Waals surface area (Å²) in [5, 5.41) is 4.47. The fourth-order valence-corrected chi connectivity index (χ4v) is 4.37. The molecule has 5 heteroatoms. The largest absolute Gasteiger partial charge is 0.489 e. The van der Waals surface area contributed by atoms with Crippen molar-refractivity contribution < 1.29 is 9.47 Å². The van der Waals surface area contributed by atoms with Crippen LogP contribution in [0.3, 0.4) is 0 Å². The highest BCUT2D eigenvalue weighted by atomic mass is 16.5. The summed E-state index contributed by atoms with van der Waals surface area (Å²) >= 11 is 0. The second kappa shape index (κ2) is 17.8. The second-order valence-electron chi connectivity index (χ2n) is 10.6. The van der Waals surface area contributed by atoms with E-state index in [0.717, 1.165) is 74.5 Å².